The number of aryl methyl sites for hydroxylation is 1. The van der Waals surface area contributed by atoms with E-state index in [4.69, 9.17) is 5.73 Å². The molecule has 0 radical (unpaired) electrons. The van der Waals surface area contributed by atoms with Gasteiger partial charge in [0.15, 0.2) is 0 Å². The highest BCUT2D eigenvalue weighted by molar-refractivity contribution is 5.79. The van der Waals surface area contributed by atoms with E-state index >= 15 is 0 Å². The topological polar surface area (TPSA) is 72.9 Å². The third kappa shape index (κ3) is 3.73. The van der Waals surface area contributed by atoms with E-state index in [0.29, 0.717) is 28.2 Å². The maximum atomic E-state index is 12.7. The Morgan fingerprint density at radius 3 is 2.47 bits per heavy atom. The summed E-state index contributed by atoms with van der Waals surface area (Å²) >= 11 is 0. The predicted octanol–water partition coefficient (Wildman–Crippen LogP) is 1.29. The molecule has 0 aliphatic heterocycles. The van der Waals surface area contributed by atoms with E-state index in [0.717, 1.165) is 0 Å². The smallest absolute Gasteiger partial charge is 0.333 e. The van der Waals surface area contributed by atoms with Gasteiger partial charge in [-0.05, 0) is 27.7 Å². The second-order valence-corrected chi connectivity index (χ2v) is 5.18. The molecule has 19 heavy (non-hydrogen) atoms. The molecule has 0 atom stereocenters. The summed E-state index contributed by atoms with van der Waals surface area (Å²) in [4.78, 5) is 11.9. The Labute approximate surface area is 111 Å². The lowest BCUT2D eigenvalue weighted by Crippen LogP contribution is -2.49. The van der Waals surface area contributed by atoms with Gasteiger partial charge in [0.2, 0.25) is 5.91 Å². The van der Waals surface area contributed by atoms with Crippen LogP contribution in [0.15, 0.2) is 0 Å². The molecule has 1 aromatic rings. The molecule has 3 N–H and O–H groups in total. The number of hydrogen-bond donors (Lipinski definition) is 2. The summed E-state index contributed by atoms with van der Waals surface area (Å²) in [7, 11) is 0. The van der Waals surface area contributed by atoms with Crippen LogP contribution in [0.25, 0.3) is 0 Å². The van der Waals surface area contributed by atoms with Crippen LogP contribution in [0.2, 0.25) is 0 Å². The van der Waals surface area contributed by atoms with Crippen molar-refractivity contribution in [2.75, 3.05) is 6.54 Å². The first-order valence-corrected chi connectivity index (χ1v) is 6.01. The number of nitrogens with one attached hydrogen (secondary N) is 1. The minimum absolute atomic E-state index is 0.0216. The van der Waals surface area contributed by atoms with E-state index < -0.39 is 12.1 Å². The summed E-state index contributed by atoms with van der Waals surface area (Å²) in [5, 5.41) is 6.50. The van der Waals surface area contributed by atoms with Crippen LogP contribution in [-0.2, 0) is 11.2 Å². The summed E-state index contributed by atoms with van der Waals surface area (Å²) in [6.07, 6.45) is 0.0216. The van der Waals surface area contributed by atoms with E-state index in [2.05, 4.69) is 10.4 Å². The number of carbonyl (C=O) groups is 1. The van der Waals surface area contributed by atoms with Crippen molar-refractivity contribution >= 4 is 5.91 Å². The fourth-order valence-electron chi connectivity index (χ4n) is 1.78. The number of aromatic nitrogens is 2. The van der Waals surface area contributed by atoms with Crippen LogP contribution in [0.5, 0.6) is 0 Å². The number of carbonyl (C=O) groups excluding carboxylic acids is 1. The van der Waals surface area contributed by atoms with Crippen LogP contribution in [0.1, 0.15) is 37.3 Å². The van der Waals surface area contributed by atoms with Gasteiger partial charge in [-0.3, -0.25) is 4.79 Å². The van der Waals surface area contributed by atoms with Crippen molar-refractivity contribution in [3.05, 3.63) is 17.0 Å². The molecule has 0 saturated heterocycles. The van der Waals surface area contributed by atoms with Crippen molar-refractivity contribution in [3.8, 4) is 0 Å². The fraction of sp³-hybridized carbons (Fsp3) is 0.667. The number of nitrogens with zero attached hydrogens (tertiary/aromatic N) is 2. The lowest BCUT2D eigenvalue weighted by atomic mass is 10.0. The molecule has 7 heteroatoms. The van der Waals surface area contributed by atoms with Crippen molar-refractivity contribution < 1.29 is 13.6 Å². The minimum Gasteiger partial charge on any atom is -0.350 e. The van der Waals surface area contributed by atoms with Gasteiger partial charge >= 0.3 is 6.55 Å². The van der Waals surface area contributed by atoms with Gasteiger partial charge in [0.25, 0.3) is 0 Å². The third-order valence-corrected chi connectivity index (χ3v) is 2.99. The number of halogens is 2. The molecule has 0 aromatic carbocycles. The van der Waals surface area contributed by atoms with E-state index in [1.807, 2.05) is 0 Å². The molecule has 0 fully saturated rings. The van der Waals surface area contributed by atoms with Gasteiger partial charge in [0, 0.05) is 23.3 Å². The lowest BCUT2D eigenvalue weighted by molar-refractivity contribution is -0.121. The average Bonchev–Trinajstić information content (AvgIpc) is 2.56. The van der Waals surface area contributed by atoms with Gasteiger partial charge in [-0.2, -0.15) is 13.9 Å². The van der Waals surface area contributed by atoms with Crippen LogP contribution in [0, 0.1) is 13.8 Å². The maximum absolute atomic E-state index is 12.7. The van der Waals surface area contributed by atoms with Gasteiger partial charge in [-0.1, -0.05) is 0 Å². The van der Waals surface area contributed by atoms with Gasteiger partial charge in [0.1, 0.15) is 0 Å². The summed E-state index contributed by atoms with van der Waals surface area (Å²) in [5.41, 5.74) is 6.29. The summed E-state index contributed by atoms with van der Waals surface area (Å²) in [5.74, 6) is -0.254. The van der Waals surface area contributed by atoms with Crippen LogP contribution in [0.3, 0.4) is 0 Å². The zero-order valence-electron chi connectivity index (χ0n) is 11.6. The van der Waals surface area contributed by atoms with Crippen LogP contribution < -0.4 is 11.1 Å². The molecule has 0 spiro atoms. The highest BCUT2D eigenvalue weighted by Crippen LogP contribution is 2.19. The highest BCUT2D eigenvalue weighted by atomic mass is 19.3. The Morgan fingerprint density at radius 2 is 2.05 bits per heavy atom. The number of alkyl halides is 2. The second-order valence-electron chi connectivity index (χ2n) is 5.18. The first kappa shape index (κ1) is 15.6. The fourth-order valence-corrected chi connectivity index (χ4v) is 1.78. The van der Waals surface area contributed by atoms with Crippen LogP contribution in [-0.4, -0.2) is 27.8 Å². The Hall–Kier alpha value is -1.50. The van der Waals surface area contributed by atoms with Crippen molar-refractivity contribution in [2.45, 2.75) is 46.2 Å². The van der Waals surface area contributed by atoms with Gasteiger partial charge in [-0.15, -0.1) is 0 Å². The molecule has 0 saturated carbocycles. The summed E-state index contributed by atoms with van der Waals surface area (Å²) in [6, 6.07) is 0. The number of amides is 1. The molecule has 0 aliphatic rings. The van der Waals surface area contributed by atoms with Crippen molar-refractivity contribution in [2.24, 2.45) is 5.73 Å². The normalized spacial score (nSPS) is 12.0. The molecule has 1 heterocycles. The Morgan fingerprint density at radius 1 is 1.47 bits per heavy atom. The first-order valence-electron chi connectivity index (χ1n) is 6.01. The second kappa shape index (κ2) is 5.64. The molecule has 1 aromatic heterocycles. The van der Waals surface area contributed by atoms with Crippen LogP contribution in [0.4, 0.5) is 8.78 Å². The van der Waals surface area contributed by atoms with Gasteiger partial charge < -0.3 is 11.1 Å². The van der Waals surface area contributed by atoms with Crippen molar-refractivity contribution in [1.82, 2.24) is 15.1 Å². The Bertz CT molecular complexity index is 469. The Kier molecular flexibility index (Phi) is 4.62. The standard InChI is InChI=1S/C12H20F2N4O/c1-7-9(8(2)18(17-7)11(13)14)5-10(19)16-12(3,4)6-15/h11H,5-6,15H2,1-4H3,(H,16,19). The molecule has 108 valence electrons. The van der Waals surface area contributed by atoms with E-state index in [1.54, 1.807) is 20.8 Å². The third-order valence-electron chi connectivity index (χ3n) is 2.99. The zero-order valence-corrected chi connectivity index (χ0v) is 11.6. The molecule has 5 nitrogen and oxygen atoms in total. The Balaban J connectivity index is 2.86. The SMILES string of the molecule is Cc1nn(C(F)F)c(C)c1CC(=O)NC(C)(C)CN. The first-order chi connectivity index (χ1) is 8.68. The molecule has 1 rings (SSSR count). The molecular weight excluding hydrogens is 254 g/mol. The van der Waals surface area contributed by atoms with E-state index in [9.17, 15) is 13.6 Å². The molecule has 1 amide bonds. The summed E-state index contributed by atoms with van der Waals surface area (Å²) < 4.78 is 26.0. The number of nitrogens with two attached hydrogens (primary N) is 1. The predicted molar refractivity (Wildman–Crippen MR) is 67.9 cm³/mol. The van der Waals surface area contributed by atoms with Gasteiger partial charge in [-0.25, -0.2) is 4.68 Å². The van der Waals surface area contributed by atoms with Crippen LogP contribution >= 0.6 is 0 Å². The summed E-state index contributed by atoms with van der Waals surface area (Å²) in [6.45, 7) is 4.34. The largest absolute Gasteiger partial charge is 0.350 e. The zero-order chi connectivity index (χ0) is 14.8. The van der Waals surface area contributed by atoms with Crippen molar-refractivity contribution in [3.63, 3.8) is 0 Å². The molecule has 0 bridgehead atoms. The number of hydrogen-bond acceptors (Lipinski definition) is 3. The van der Waals surface area contributed by atoms with Gasteiger partial charge in [0.05, 0.1) is 12.1 Å². The maximum Gasteiger partial charge on any atom is 0.333 e. The molecule has 0 aliphatic carbocycles. The van der Waals surface area contributed by atoms with E-state index in [1.165, 1.54) is 6.92 Å². The number of rotatable bonds is 5. The van der Waals surface area contributed by atoms with Crippen molar-refractivity contribution in [1.29, 1.82) is 0 Å². The highest BCUT2D eigenvalue weighted by Gasteiger charge is 2.22. The molecular formula is C12H20F2N4O. The quantitative estimate of drug-likeness (QED) is 0.849. The monoisotopic (exact) mass is 274 g/mol. The van der Waals surface area contributed by atoms with E-state index in [-0.39, 0.29) is 12.3 Å². The average molecular weight is 274 g/mol. The minimum atomic E-state index is -2.70. The molecule has 0 unspecified atom stereocenters. The lowest BCUT2D eigenvalue weighted by Gasteiger charge is -2.24.